The molecule has 0 unspecified atom stereocenters. The van der Waals surface area contributed by atoms with Crippen molar-refractivity contribution in [2.24, 2.45) is 5.41 Å². The van der Waals surface area contributed by atoms with Crippen molar-refractivity contribution in [3.05, 3.63) is 17.0 Å². The molecule has 2 aliphatic heterocycles. The Kier molecular flexibility index (Phi) is 4.25. The van der Waals surface area contributed by atoms with Gasteiger partial charge in [-0.1, -0.05) is 6.92 Å². The summed E-state index contributed by atoms with van der Waals surface area (Å²) in [6.45, 7) is 9.13. The summed E-state index contributed by atoms with van der Waals surface area (Å²) in [4.78, 5) is 14.9. The second-order valence-electron chi connectivity index (χ2n) is 7.40. The molecule has 2 saturated heterocycles. The molecule has 3 rings (SSSR count). The van der Waals surface area contributed by atoms with Gasteiger partial charge < -0.3 is 10.0 Å². The van der Waals surface area contributed by atoms with E-state index in [1.165, 1.54) is 5.56 Å². The number of carbonyl (C=O) groups excluding carboxylic acids is 1. The smallest absolute Gasteiger partial charge is 0.224 e. The van der Waals surface area contributed by atoms with Crippen LogP contribution in [0.2, 0.25) is 0 Å². The minimum absolute atomic E-state index is 0.0621. The topological polar surface area (TPSA) is 58.4 Å². The van der Waals surface area contributed by atoms with Gasteiger partial charge in [0.25, 0.3) is 0 Å². The number of aryl methyl sites for hydroxylation is 2. The Balaban J connectivity index is 1.69. The van der Waals surface area contributed by atoms with Gasteiger partial charge in [-0.25, -0.2) is 0 Å². The van der Waals surface area contributed by atoms with Crippen molar-refractivity contribution in [2.75, 3.05) is 6.61 Å². The standard InChI is InChI=1S/C18H29N3O2/c1-5-18(11-22)10-15-6-7-16(18)21(15)17(23)8-9-20-14(4)12(2)13(3)19-20/h15-16,22H,5-11H2,1-4H3/t15-,16+,18-/m0/s1. The van der Waals surface area contributed by atoms with Crippen LogP contribution in [-0.2, 0) is 11.3 Å². The van der Waals surface area contributed by atoms with Crippen molar-refractivity contribution < 1.29 is 9.90 Å². The molecular formula is C18H29N3O2. The zero-order chi connectivity index (χ0) is 16.8. The average Bonchev–Trinajstić information content (AvgIpc) is 3.19. The highest BCUT2D eigenvalue weighted by Gasteiger charge is 2.55. The number of aromatic nitrogens is 2. The van der Waals surface area contributed by atoms with E-state index < -0.39 is 0 Å². The van der Waals surface area contributed by atoms with Crippen LogP contribution in [0.4, 0.5) is 0 Å². The lowest BCUT2D eigenvalue weighted by Gasteiger charge is -2.34. The molecule has 23 heavy (non-hydrogen) atoms. The molecule has 2 fully saturated rings. The third-order valence-corrected chi connectivity index (χ3v) is 6.44. The first-order valence-corrected chi connectivity index (χ1v) is 8.86. The molecule has 0 radical (unpaired) electrons. The van der Waals surface area contributed by atoms with E-state index in [2.05, 4.69) is 30.8 Å². The van der Waals surface area contributed by atoms with Crippen molar-refractivity contribution in [1.82, 2.24) is 14.7 Å². The molecule has 0 aliphatic carbocycles. The van der Waals surface area contributed by atoms with Crippen molar-refractivity contribution in [3.8, 4) is 0 Å². The summed E-state index contributed by atoms with van der Waals surface area (Å²) in [6, 6.07) is 0.569. The lowest BCUT2D eigenvalue weighted by molar-refractivity contribution is -0.133. The minimum atomic E-state index is -0.0621. The van der Waals surface area contributed by atoms with Crippen LogP contribution in [0.3, 0.4) is 0 Å². The van der Waals surface area contributed by atoms with Gasteiger partial charge in [0.05, 0.1) is 12.3 Å². The Morgan fingerprint density at radius 2 is 2.09 bits per heavy atom. The van der Waals surface area contributed by atoms with Gasteiger partial charge in [-0.2, -0.15) is 5.10 Å². The molecule has 1 aromatic heterocycles. The fourth-order valence-electron chi connectivity index (χ4n) is 4.66. The molecule has 5 nitrogen and oxygen atoms in total. The quantitative estimate of drug-likeness (QED) is 0.906. The Hall–Kier alpha value is -1.36. The van der Waals surface area contributed by atoms with Crippen molar-refractivity contribution in [2.45, 2.75) is 78.4 Å². The van der Waals surface area contributed by atoms with Crippen LogP contribution in [-0.4, -0.2) is 44.4 Å². The van der Waals surface area contributed by atoms with E-state index in [-0.39, 0.29) is 24.0 Å². The summed E-state index contributed by atoms with van der Waals surface area (Å²) in [7, 11) is 0. The number of nitrogens with zero attached hydrogens (tertiary/aromatic N) is 3. The molecular weight excluding hydrogens is 290 g/mol. The molecule has 1 amide bonds. The molecule has 1 aromatic rings. The summed E-state index contributed by atoms with van der Waals surface area (Å²) in [5, 5.41) is 14.4. The van der Waals surface area contributed by atoms with E-state index in [0.717, 1.165) is 37.1 Å². The van der Waals surface area contributed by atoms with Crippen LogP contribution in [0.15, 0.2) is 0 Å². The van der Waals surface area contributed by atoms with Crippen LogP contribution in [0.1, 0.15) is 56.0 Å². The molecule has 3 atom stereocenters. The Morgan fingerprint density at radius 3 is 2.61 bits per heavy atom. The van der Waals surface area contributed by atoms with Crippen LogP contribution in [0.25, 0.3) is 0 Å². The molecule has 5 heteroatoms. The van der Waals surface area contributed by atoms with Gasteiger partial charge in [-0.15, -0.1) is 0 Å². The third-order valence-electron chi connectivity index (χ3n) is 6.44. The van der Waals surface area contributed by atoms with Gasteiger partial charge in [0, 0.05) is 36.2 Å². The maximum absolute atomic E-state index is 12.8. The predicted molar refractivity (Wildman–Crippen MR) is 89.1 cm³/mol. The zero-order valence-corrected chi connectivity index (χ0v) is 14.8. The molecule has 2 bridgehead atoms. The van der Waals surface area contributed by atoms with E-state index in [9.17, 15) is 9.90 Å². The highest BCUT2D eigenvalue weighted by molar-refractivity contribution is 5.77. The van der Waals surface area contributed by atoms with Gasteiger partial charge in [-0.05, 0) is 52.0 Å². The second kappa shape index (κ2) is 5.93. The summed E-state index contributed by atoms with van der Waals surface area (Å²) in [5.74, 6) is 0.228. The first-order valence-electron chi connectivity index (χ1n) is 8.86. The summed E-state index contributed by atoms with van der Waals surface area (Å²) in [5.41, 5.74) is 3.34. The van der Waals surface area contributed by atoms with Gasteiger partial charge in [-0.3, -0.25) is 9.48 Å². The Morgan fingerprint density at radius 1 is 1.35 bits per heavy atom. The minimum Gasteiger partial charge on any atom is -0.396 e. The monoisotopic (exact) mass is 319 g/mol. The fourth-order valence-corrected chi connectivity index (χ4v) is 4.66. The first-order chi connectivity index (χ1) is 10.9. The Labute approximate surface area is 138 Å². The SMILES string of the molecule is CC[C@@]1(CO)C[C@@H]2CC[C@H]1N2C(=O)CCn1nc(C)c(C)c1C. The maximum Gasteiger partial charge on any atom is 0.224 e. The highest BCUT2D eigenvalue weighted by atomic mass is 16.3. The fraction of sp³-hybridized carbons (Fsp3) is 0.778. The second-order valence-corrected chi connectivity index (χ2v) is 7.40. The molecule has 0 spiro atoms. The molecule has 0 aromatic carbocycles. The Bertz CT molecular complexity index is 604. The largest absolute Gasteiger partial charge is 0.396 e. The summed E-state index contributed by atoms with van der Waals surface area (Å²) < 4.78 is 1.96. The van der Waals surface area contributed by atoms with E-state index in [1.54, 1.807) is 0 Å². The number of amides is 1. The number of hydrogen-bond acceptors (Lipinski definition) is 3. The van der Waals surface area contributed by atoms with E-state index >= 15 is 0 Å². The number of rotatable bonds is 5. The molecule has 2 aliphatic rings. The van der Waals surface area contributed by atoms with Crippen molar-refractivity contribution in [3.63, 3.8) is 0 Å². The van der Waals surface area contributed by atoms with Gasteiger partial charge in [0.15, 0.2) is 0 Å². The van der Waals surface area contributed by atoms with E-state index in [1.807, 2.05) is 11.6 Å². The van der Waals surface area contributed by atoms with Gasteiger partial charge >= 0.3 is 0 Å². The van der Waals surface area contributed by atoms with E-state index in [0.29, 0.717) is 19.0 Å². The van der Waals surface area contributed by atoms with Gasteiger partial charge in [0.1, 0.15) is 0 Å². The van der Waals surface area contributed by atoms with Crippen LogP contribution in [0, 0.1) is 26.2 Å². The number of aliphatic hydroxyl groups is 1. The molecule has 1 N–H and O–H groups in total. The van der Waals surface area contributed by atoms with Crippen LogP contribution >= 0.6 is 0 Å². The summed E-state index contributed by atoms with van der Waals surface area (Å²) >= 11 is 0. The predicted octanol–water partition coefficient (Wildman–Crippen LogP) is 2.35. The normalized spacial score (nSPS) is 29.5. The lowest BCUT2D eigenvalue weighted by atomic mass is 9.72. The number of aliphatic hydroxyl groups excluding tert-OH is 1. The highest BCUT2D eigenvalue weighted by Crippen LogP contribution is 2.51. The number of carbonyl (C=O) groups is 1. The number of fused-ring (bicyclic) bond motifs is 2. The van der Waals surface area contributed by atoms with Gasteiger partial charge in [0.2, 0.25) is 5.91 Å². The summed E-state index contributed by atoms with van der Waals surface area (Å²) in [6.07, 6.45) is 4.56. The zero-order valence-electron chi connectivity index (χ0n) is 14.8. The molecule has 128 valence electrons. The lowest BCUT2D eigenvalue weighted by Crippen LogP contribution is -2.42. The maximum atomic E-state index is 12.8. The van der Waals surface area contributed by atoms with Crippen LogP contribution in [0.5, 0.6) is 0 Å². The van der Waals surface area contributed by atoms with Crippen molar-refractivity contribution in [1.29, 1.82) is 0 Å². The average molecular weight is 319 g/mol. The third kappa shape index (κ3) is 2.49. The number of hydrogen-bond donors (Lipinski definition) is 1. The molecule has 3 heterocycles. The van der Waals surface area contributed by atoms with E-state index in [4.69, 9.17) is 0 Å². The van der Waals surface area contributed by atoms with Crippen molar-refractivity contribution >= 4 is 5.91 Å². The van der Waals surface area contributed by atoms with Crippen LogP contribution < -0.4 is 0 Å². The molecule has 0 saturated carbocycles. The first kappa shape index (κ1) is 16.5.